The second kappa shape index (κ2) is 7.07. The summed E-state index contributed by atoms with van der Waals surface area (Å²) in [6.07, 6.45) is -0.194. The van der Waals surface area contributed by atoms with Gasteiger partial charge in [0, 0.05) is 33.2 Å². The first-order chi connectivity index (χ1) is 16.3. The van der Waals surface area contributed by atoms with Gasteiger partial charge in [-0.15, -0.1) is 0 Å². The van der Waals surface area contributed by atoms with Crippen LogP contribution in [0.15, 0.2) is 119 Å². The Bertz CT molecular complexity index is 1700. The molecule has 5 aromatic carbocycles. The SMILES string of the molecule is c1ccc(C2=NC(c3cccc4cc5c(cc34)oc3ccccc35)Nc3ccccc32)cc1. The summed E-state index contributed by atoms with van der Waals surface area (Å²) in [5, 5.41) is 8.29. The van der Waals surface area contributed by atoms with Crippen LogP contribution in [0.3, 0.4) is 0 Å². The molecule has 0 radical (unpaired) electrons. The van der Waals surface area contributed by atoms with Gasteiger partial charge >= 0.3 is 0 Å². The van der Waals surface area contributed by atoms with Crippen molar-refractivity contribution in [2.45, 2.75) is 6.17 Å². The molecule has 156 valence electrons. The van der Waals surface area contributed by atoms with Crippen LogP contribution >= 0.6 is 0 Å². The van der Waals surface area contributed by atoms with E-state index in [1.165, 1.54) is 5.39 Å². The number of anilines is 1. The van der Waals surface area contributed by atoms with Gasteiger partial charge < -0.3 is 9.73 Å². The van der Waals surface area contributed by atoms with Gasteiger partial charge in [-0.05, 0) is 35.0 Å². The lowest BCUT2D eigenvalue weighted by atomic mass is 9.95. The van der Waals surface area contributed by atoms with Crippen molar-refractivity contribution in [1.82, 2.24) is 0 Å². The first kappa shape index (κ1) is 18.2. The standard InChI is InChI=1S/C30H20N2O/c1-2-9-19(10-3-1)29-23-13-4-6-15-26(23)31-30(32-29)22-14-8-11-20-17-25-21-12-5-7-16-27(21)33-28(25)18-24(20)22/h1-18,30-31H. The molecule has 1 aliphatic heterocycles. The molecule has 2 heterocycles. The average molecular weight is 425 g/mol. The van der Waals surface area contributed by atoms with Gasteiger partial charge in [0.25, 0.3) is 0 Å². The van der Waals surface area contributed by atoms with Gasteiger partial charge in [0.1, 0.15) is 17.3 Å². The fourth-order valence-electron chi connectivity index (χ4n) is 4.93. The molecule has 0 aliphatic carbocycles. The van der Waals surface area contributed by atoms with Crippen molar-refractivity contribution in [2.75, 3.05) is 5.32 Å². The first-order valence-electron chi connectivity index (χ1n) is 11.2. The van der Waals surface area contributed by atoms with Crippen LogP contribution in [0.1, 0.15) is 22.9 Å². The molecule has 3 nitrogen and oxygen atoms in total. The third kappa shape index (κ3) is 2.86. The molecule has 3 heteroatoms. The number of nitrogens with zero attached hydrogens (tertiary/aromatic N) is 1. The maximum atomic E-state index is 6.19. The Hall–Kier alpha value is -4.37. The quantitative estimate of drug-likeness (QED) is 0.309. The van der Waals surface area contributed by atoms with E-state index in [2.05, 4.69) is 96.3 Å². The molecule has 6 aromatic rings. The average Bonchev–Trinajstić information content (AvgIpc) is 3.24. The Kier molecular flexibility index (Phi) is 3.91. The predicted octanol–water partition coefficient (Wildman–Crippen LogP) is 7.70. The highest BCUT2D eigenvalue weighted by atomic mass is 16.3. The molecule has 7 rings (SSSR count). The lowest BCUT2D eigenvalue weighted by molar-refractivity contribution is 0.669. The maximum Gasteiger partial charge on any atom is 0.146 e. The lowest BCUT2D eigenvalue weighted by Gasteiger charge is -2.27. The summed E-state index contributed by atoms with van der Waals surface area (Å²) in [6, 6.07) is 37.9. The molecule has 0 saturated carbocycles. The number of aliphatic imine (C=N–C) groups is 1. The third-order valence-electron chi connectivity index (χ3n) is 6.49. The Morgan fingerprint density at radius 1 is 0.636 bits per heavy atom. The smallest absolute Gasteiger partial charge is 0.146 e. The highest BCUT2D eigenvalue weighted by Gasteiger charge is 2.24. The number of hydrogen-bond acceptors (Lipinski definition) is 3. The summed E-state index contributed by atoms with van der Waals surface area (Å²) < 4.78 is 6.19. The van der Waals surface area contributed by atoms with E-state index in [1.807, 2.05) is 18.2 Å². The van der Waals surface area contributed by atoms with Gasteiger partial charge in [-0.25, -0.2) is 0 Å². The first-order valence-corrected chi connectivity index (χ1v) is 11.2. The summed E-state index contributed by atoms with van der Waals surface area (Å²) in [5.41, 5.74) is 7.31. The predicted molar refractivity (Wildman–Crippen MR) is 136 cm³/mol. The van der Waals surface area contributed by atoms with Crippen molar-refractivity contribution in [2.24, 2.45) is 4.99 Å². The van der Waals surface area contributed by atoms with Gasteiger partial charge in [0.05, 0.1) is 5.71 Å². The number of furan rings is 1. The monoisotopic (exact) mass is 424 g/mol. The van der Waals surface area contributed by atoms with E-state index in [4.69, 9.17) is 9.41 Å². The molecule has 1 aromatic heterocycles. The zero-order chi connectivity index (χ0) is 21.8. The van der Waals surface area contributed by atoms with Gasteiger partial charge in [0.15, 0.2) is 0 Å². The number of benzene rings is 5. The van der Waals surface area contributed by atoms with Crippen molar-refractivity contribution in [3.8, 4) is 0 Å². The molecule has 0 amide bonds. The van der Waals surface area contributed by atoms with E-state index in [1.54, 1.807) is 0 Å². The van der Waals surface area contributed by atoms with Crippen LogP contribution in [0.5, 0.6) is 0 Å². The Morgan fingerprint density at radius 2 is 1.45 bits per heavy atom. The number of rotatable bonds is 2. The Morgan fingerprint density at radius 3 is 2.39 bits per heavy atom. The normalized spacial score (nSPS) is 15.4. The van der Waals surface area contributed by atoms with Crippen molar-refractivity contribution in [3.63, 3.8) is 0 Å². The topological polar surface area (TPSA) is 37.5 Å². The van der Waals surface area contributed by atoms with Crippen molar-refractivity contribution in [3.05, 3.63) is 126 Å². The second-order valence-corrected chi connectivity index (χ2v) is 8.45. The minimum atomic E-state index is -0.194. The van der Waals surface area contributed by atoms with Crippen LogP contribution in [0, 0.1) is 0 Å². The largest absolute Gasteiger partial charge is 0.456 e. The van der Waals surface area contributed by atoms with Crippen LogP contribution in [-0.2, 0) is 0 Å². The molecule has 0 bridgehead atoms. The molecular formula is C30H20N2O. The molecular weight excluding hydrogens is 404 g/mol. The van der Waals surface area contributed by atoms with Gasteiger partial charge in [-0.2, -0.15) is 0 Å². The second-order valence-electron chi connectivity index (χ2n) is 8.45. The zero-order valence-corrected chi connectivity index (χ0v) is 17.8. The van der Waals surface area contributed by atoms with Crippen LogP contribution in [0.25, 0.3) is 32.7 Å². The van der Waals surface area contributed by atoms with E-state index in [0.717, 1.165) is 55.4 Å². The molecule has 0 saturated heterocycles. The van der Waals surface area contributed by atoms with E-state index in [9.17, 15) is 0 Å². The minimum Gasteiger partial charge on any atom is -0.456 e. The summed E-state index contributed by atoms with van der Waals surface area (Å²) in [6.45, 7) is 0. The number of fused-ring (bicyclic) bond motifs is 5. The fourth-order valence-corrected chi connectivity index (χ4v) is 4.93. The molecule has 1 N–H and O–H groups in total. The van der Waals surface area contributed by atoms with Crippen molar-refractivity contribution >= 4 is 44.1 Å². The van der Waals surface area contributed by atoms with Crippen LogP contribution < -0.4 is 5.32 Å². The van der Waals surface area contributed by atoms with Crippen molar-refractivity contribution in [1.29, 1.82) is 0 Å². The van der Waals surface area contributed by atoms with E-state index in [-0.39, 0.29) is 6.17 Å². The molecule has 1 unspecified atom stereocenters. The highest BCUT2D eigenvalue weighted by Crippen LogP contribution is 2.38. The Labute approximate surface area is 191 Å². The molecule has 0 spiro atoms. The van der Waals surface area contributed by atoms with Gasteiger partial charge in [-0.1, -0.05) is 84.9 Å². The zero-order valence-electron chi connectivity index (χ0n) is 17.8. The Balaban J connectivity index is 1.45. The van der Waals surface area contributed by atoms with Crippen LogP contribution in [-0.4, -0.2) is 5.71 Å². The van der Waals surface area contributed by atoms with Crippen LogP contribution in [0.2, 0.25) is 0 Å². The summed E-state index contributed by atoms with van der Waals surface area (Å²) >= 11 is 0. The summed E-state index contributed by atoms with van der Waals surface area (Å²) in [7, 11) is 0. The molecule has 33 heavy (non-hydrogen) atoms. The minimum absolute atomic E-state index is 0.194. The number of para-hydroxylation sites is 2. The number of hydrogen-bond donors (Lipinski definition) is 1. The highest BCUT2D eigenvalue weighted by molar-refractivity contribution is 6.17. The van der Waals surface area contributed by atoms with E-state index >= 15 is 0 Å². The van der Waals surface area contributed by atoms with Crippen molar-refractivity contribution < 1.29 is 4.42 Å². The third-order valence-corrected chi connectivity index (χ3v) is 6.49. The van der Waals surface area contributed by atoms with Crippen LogP contribution in [0.4, 0.5) is 5.69 Å². The van der Waals surface area contributed by atoms with Gasteiger partial charge in [-0.3, -0.25) is 4.99 Å². The molecule has 0 fully saturated rings. The summed E-state index contributed by atoms with van der Waals surface area (Å²) in [5.74, 6) is 0. The van der Waals surface area contributed by atoms with E-state index in [0.29, 0.717) is 0 Å². The fraction of sp³-hybridized carbons (Fsp3) is 0.0333. The lowest BCUT2D eigenvalue weighted by Crippen LogP contribution is -2.20. The molecule has 1 atom stereocenters. The van der Waals surface area contributed by atoms with E-state index < -0.39 is 0 Å². The number of nitrogens with one attached hydrogen (secondary N) is 1. The maximum absolute atomic E-state index is 6.19. The summed E-state index contributed by atoms with van der Waals surface area (Å²) in [4.78, 5) is 5.21. The molecule has 1 aliphatic rings. The van der Waals surface area contributed by atoms with Gasteiger partial charge in [0.2, 0.25) is 0 Å².